The largest absolute Gasteiger partial charge is 0.480 e. The number of fused-ring (bicyclic) bond motifs is 1. The van der Waals surface area contributed by atoms with E-state index in [1.54, 1.807) is 19.9 Å². The first kappa shape index (κ1) is 26.5. The van der Waals surface area contributed by atoms with Gasteiger partial charge in [-0.3, -0.25) is 5.32 Å². The Morgan fingerprint density at radius 3 is 2.40 bits per heavy atom. The molecule has 1 aliphatic carbocycles. The molecule has 0 radical (unpaired) electrons. The van der Waals surface area contributed by atoms with Gasteiger partial charge < -0.3 is 19.5 Å². The molecule has 40 heavy (non-hydrogen) atoms. The van der Waals surface area contributed by atoms with Gasteiger partial charge in [-0.05, 0) is 43.9 Å². The van der Waals surface area contributed by atoms with Gasteiger partial charge in [0, 0.05) is 29.4 Å². The zero-order valence-electron chi connectivity index (χ0n) is 22.6. The second kappa shape index (κ2) is 10.7. The van der Waals surface area contributed by atoms with Crippen molar-refractivity contribution in [3.63, 3.8) is 0 Å². The van der Waals surface area contributed by atoms with E-state index in [1.807, 2.05) is 42.5 Å². The van der Waals surface area contributed by atoms with Crippen LogP contribution in [0.1, 0.15) is 61.8 Å². The standard InChI is InChI=1S/C32H33ClN2O5/c1-19(2)39-28(36)18-38-27-17-26-22(16-25(27)33)29(20-10-5-3-6-11-20)23-14-9-15-24-30(21-12-7-4-8-13-21)34-31(37)35-32(23,24)40-26/h3-8,10-13,16-17,19,23-24,29-30H,9,14-15,18H2,1-2H3,(H2,34,35,37). The van der Waals surface area contributed by atoms with E-state index in [2.05, 4.69) is 34.9 Å². The van der Waals surface area contributed by atoms with Crippen LogP contribution in [0, 0.1) is 11.8 Å². The number of carbonyl (C=O) groups excluding carboxylic acids is 2. The summed E-state index contributed by atoms with van der Waals surface area (Å²) in [5.41, 5.74) is 2.17. The van der Waals surface area contributed by atoms with Crippen molar-refractivity contribution in [2.75, 3.05) is 6.61 Å². The van der Waals surface area contributed by atoms with Crippen LogP contribution in [-0.2, 0) is 9.53 Å². The molecule has 6 rings (SSSR count). The van der Waals surface area contributed by atoms with E-state index in [9.17, 15) is 9.59 Å². The van der Waals surface area contributed by atoms with Gasteiger partial charge in [0.2, 0.25) is 0 Å². The molecule has 1 saturated heterocycles. The maximum atomic E-state index is 13.3. The Bertz CT molecular complexity index is 1400. The molecule has 2 aliphatic heterocycles. The minimum atomic E-state index is -0.948. The molecule has 2 heterocycles. The average molecular weight is 561 g/mol. The third-order valence-electron chi connectivity index (χ3n) is 8.24. The highest BCUT2D eigenvalue weighted by Gasteiger charge is 2.61. The van der Waals surface area contributed by atoms with E-state index in [0.29, 0.717) is 16.5 Å². The summed E-state index contributed by atoms with van der Waals surface area (Å²) in [5.74, 6) is 0.320. The Balaban J connectivity index is 1.45. The smallest absolute Gasteiger partial charge is 0.344 e. The number of hydrogen-bond donors (Lipinski definition) is 2. The molecule has 2 amide bonds. The van der Waals surface area contributed by atoms with Crippen LogP contribution in [-0.4, -0.2) is 30.4 Å². The summed E-state index contributed by atoms with van der Waals surface area (Å²) in [7, 11) is 0. The topological polar surface area (TPSA) is 85.9 Å². The Morgan fingerprint density at radius 2 is 1.70 bits per heavy atom. The molecular weight excluding hydrogens is 528 g/mol. The highest BCUT2D eigenvalue weighted by molar-refractivity contribution is 6.32. The highest BCUT2D eigenvalue weighted by Crippen LogP contribution is 2.58. The minimum absolute atomic E-state index is 0.0215. The van der Waals surface area contributed by atoms with Crippen molar-refractivity contribution in [3.05, 3.63) is 94.5 Å². The maximum Gasteiger partial charge on any atom is 0.344 e. The predicted molar refractivity (Wildman–Crippen MR) is 152 cm³/mol. The summed E-state index contributed by atoms with van der Waals surface area (Å²) in [6.07, 6.45) is 2.53. The van der Waals surface area contributed by atoms with E-state index < -0.39 is 11.7 Å². The third kappa shape index (κ3) is 4.77. The quantitative estimate of drug-likeness (QED) is 0.343. The van der Waals surface area contributed by atoms with Gasteiger partial charge in [0.25, 0.3) is 0 Å². The van der Waals surface area contributed by atoms with Gasteiger partial charge in [-0.2, -0.15) is 0 Å². The number of nitrogens with one attached hydrogen (secondary N) is 2. The summed E-state index contributed by atoms with van der Waals surface area (Å²) in [6.45, 7) is 3.30. The molecule has 2 N–H and O–H groups in total. The first-order valence-corrected chi connectivity index (χ1v) is 14.3. The number of rotatable bonds is 6. The lowest BCUT2D eigenvalue weighted by Crippen LogP contribution is -2.73. The lowest BCUT2D eigenvalue weighted by Gasteiger charge is -2.58. The molecule has 208 valence electrons. The number of halogens is 1. The van der Waals surface area contributed by atoms with E-state index >= 15 is 0 Å². The van der Waals surface area contributed by atoms with E-state index in [4.69, 9.17) is 25.8 Å². The summed E-state index contributed by atoms with van der Waals surface area (Å²) >= 11 is 6.73. The third-order valence-corrected chi connectivity index (χ3v) is 8.54. The van der Waals surface area contributed by atoms with Gasteiger partial charge in [0.05, 0.1) is 17.2 Å². The van der Waals surface area contributed by atoms with Crippen molar-refractivity contribution in [1.82, 2.24) is 10.6 Å². The molecule has 3 aliphatic rings. The van der Waals surface area contributed by atoms with Crippen LogP contribution >= 0.6 is 11.6 Å². The molecule has 8 heteroatoms. The Kier molecular flexibility index (Phi) is 7.09. The van der Waals surface area contributed by atoms with Crippen LogP contribution in [0.4, 0.5) is 4.79 Å². The number of ether oxygens (including phenoxy) is 3. The van der Waals surface area contributed by atoms with Gasteiger partial charge in [-0.15, -0.1) is 0 Å². The Labute approximate surface area is 239 Å². The summed E-state index contributed by atoms with van der Waals surface area (Å²) in [5, 5.41) is 6.83. The van der Waals surface area contributed by atoms with E-state index in [-0.39, 0.29) is 42.5 Å². The molecule has 0 bridgehead atoms. The molecule has 7 nitrogen and oxygen atoms in total. The first-order chi connectivity index (χ1) is 19.4. The number of benzene rings is 3. The van der Waals surface area contributed by atoms with Crippen LogP contribution in [0.15, 0.2) is 72.8 Å². The summed E-state index contributed by atoms with van der Waals surface area (Å²) in [4.78, 5) is 25.5. The van der Waals surface area contributed by atoms with Gasteiger partial charge in [-0.1, -0.05) is 78.7 Å². The number of esters is 1. The van der Waals surface area contributed by atoms with Gasteiger partial charge >= 0.3 is 12.0 Å². The van der Waals surface area contributed by atoms with Gasteiger partial charge in [0.15, 0.2) is 12.3 Å². The monoisotopic (exact) mass is 560 g/mol. The van der Waals surface area contributed by atoms with Gasteiger partial charge in [-0.25, -0.2) is 9.59 Å². The fourth-order valence-corrected chi connectivity index (χ4v) is 7.01. The van der Waals surface area contributed by atoms with Crippen molar-refractivity contribution in [2.45, 2.75) is 56.9 Å². The van der Waals surface area contributed by atoms with Gasteiger partial charge in [0.1, 0.15) is 11.5 Å². The van der Waals surface area contributed by atoms with Crippen LogP contribution in [0.2, 0.25) is 5.02 Å². The molecule has 3 aromatic carbocycles. The number of carbonyl (C=O) groups is 2. The second-order valence-electron chi connectivity index (χ2n) is 11.1. The van der Waals surface area contributed by atoms with Crippen molar-refractivity contribution in [3.8, 4) is 11.5 Å². The van der Waals surface area contributed by atoms with Crippen molar-refractivity contribution in [1.29, 1.82) is 0 Å². The Hall–Kier alpha value is -3.71. The van der Waals surface area contributed by atoms with Crippen LogP contribution < -0.4 is 20.1 Å². The molecule has 1 spiro atoms. The fraction of sp³-hybridized carbons (Fsp3) is 0.375. The minimum Gasteiger partial charge on any atom is -0.480 e. The number of hydrogen-bond acceptors (Lipinski definition) is 5. The zero-order valence-corrected chi connectivity index (χ0v) is 23.3. The lowest BCUT2D eigenvalue weighted by atomic mass is 9.60. The number of amides is 2. The fourth-order valence-electron chi connectivity index (χ4n) is 6.78. The zero-order chi connectivity index (χ0) is 27.9. The number of urea groups is 1. The maximum absolute atomic E-state index is 13.3. The average Bonchev–Trinajstić information content (AvgIpc) is 2.94. The summed E-state index contributed by atoms with van der Waals surface area (Å²) in [6, 6.07) is 23.6. The van der Waals surface area contributed by atoms with Crippen LogP contribution in [0.3, 0.4) is 0 Å². The van der Waals surface area contributed by atoms with E-state index in [1.165, 1.54) is 0 Å². The second-order valence-corrected chi connectivity index (χ2v) is 11.5. The molecular formula is C32H33ClN2O5. The van der Waals surface area contributed by atoms with Crippen molar-refractivity contribution < 1.29 is 23.8 Å². The lowest BCUT2D eigenvalue weighted by molar-refractivity contribution is -0.149. The molecule has 1 saturated carbocycles. The molecule has 2 fully saturated rings. The van der Waals surface area contributed by atoms with Crippen molar-refractivity contribution in [2.24, 2.45) is 11.8 Å². The first-order valence-electron chi connectivity index (χ1n) is 13.9. The normalized spacial score (nSPS) is 26.8. The summed E-state index contributed by atoms with van der Waals surface area (Å²) < 4.78 is 18.0. The molecule has 3 aromatic rings. The predicted octanol–water partition coefficient (Wildman–Crippen LogP) is 6.36. The van der Waals surface area contributed by atoms with E-state index in [0.717, 1.165) is 36.0 Å². The molecule has 0 aromatic heterocycles. The molecule has 5 atom stereocenters. The SMILES string of the molecule is CC(C)OC(=O)COc1cc2c(cc1Cl)C(c1ccccc1)C1CCCC3C(c4ccccc4)NC(=O)NC31O2. The molecule has 5 unspecified atom stereocenters. The highest BCUT2D eigenvalue weighted by atomic mass is 35.5. The van der Waals surface area contributed by atoms with Crippen molar-refractivity contribution >= 4 is 23.6 Å². The van der Waals surface area contributed by atoms with Crippen LogP contribution in [0.25, 0.3) is 0 Å². The Morgan fingerprint density at radius 1 is 1.02 bits per heavy atom. The van der Waals surface area contributed by atoms with Crippen LogP contribution in [0.5, 0.6) is 11.5 Å².